The van der Waals surface area contributed by atoms with Gasteiger partial charge in [-0.2, -0.15) is 0 Å². The Morgan fingerprint density at radius 1 is 1.04 bits per heavy atom. The molecule has 6 heteroatoms. The van der Waals surface area contributed by atoms with Crippen LogP contribution in [0.3, 0.4) is 0 Å². The number of hydrogen-bond acceptors (Lipinski definition) is 4. The van der Waals surface area contributed by atoms with Crippen LogP contribution in [0.15, 0.2) is 48.8 Å². The molecule has 1 fully saturated rings. The number of hydrogen-bond donors (Lipinski definition) is 3. The van der Waals surface area contributed by atoms with Gasteiger partial charge in [-0.3, -0.25) is 14.6 Å². The highest BCUT2D eigenvalue weighted by atomic mass is 16.2. The van der Waals surface area contributed by atoms with Gasteiger partial charge in [-0.15, -0.1) is 0 Å². The van der Waals surface area contributed by atoms with Crippen molar-refractivity contribution in [3.05, 3.63) is 54.4 Å². The summed E-state index contributed by atoms with van der Waals surface area (Å²) in [6.45, 7) is 2.09. The monoisotopic (exact) mass is 352 g/mol. The number of aromatic nitrogens is 1. The lowest BCUT2D eigenvalue weighted by Gasteiger charge is -2.22. The molecule has 0 unspecified atom stereocenters. The van der Waals surface area contributed by atoms with Crippen molar-refractivity contribution in [2.45, 2.75) is 25.7 Å². The zero-order valence-corrected chi connectivity index (χ0v) is 14.7. The second-order valence-corrected chi connectivity index (χ2v) is 6.55. The summed E-state index contributed by atoms with van der Waals surface area (Å²) in [4.78, 5) is 28.4. The van der Waals surface area contributed by atoms with E-state index in [1.165, 1.54) is 0 Å². The SMILES string of the molecule is O=C(CCC1CCNCC1)Nc1cccc(C(=O)Nc2ccncc2)c1. The maximum absolute atomic E-state index is 12.3. The molecule has 26 heavy (non-hydrogen) atoms. The number of piperidine rings is 1. The van der Waals surface area contributed by atoms with Crippen molar-refractivity contribution in [2.75, 3.05) is 23.7 Å². The number of carbonyl (C=O) groups excluding carboxylic acids is 2. The van der Waals surface area contributed by atoms with Crippen LogP contribution in [0.1, 0.15) is 36.0 Å². The molecule has 0 radical (unpaired) electrons. The van der Waals surface area contributed by atoms with Crippen LogP contribution >= 0.6 is 0 Å². The van der Waals surface area contributed by atoms with E-state index in [2.05, 4.69) is 20.9 Å². The second kappa shape index (κ2) is 9.10. The van der Waals surface area contributed by atoms with Gasteiger partial charge in [0.15, 0.2) is 0 Å². The Hall–Kier alpha value is -2.73. The number of benzene rings is 1. The van der Waals surface area contributed by atoms with Crippen molar-refractivity contribution in [1.82, 2.24) is 10.3 Å². The summed E-state index contributed by atoms with van der Waals surface area (Å²) in [5, 5.41) is 9.04. The van der Waals surface area contributed by atoms with Crippen molar-refractivity contribution < 1.29 is 9.59 Å². The number of anilines is 2. The molecule has 1 aromatic carbocycles. The minimum atomic E-state index is -0.220. The van der Waals surface area contributed by atoms with Gasteiger partial charge in [0, 0.05) is 35.8 Å². The van der Waals surface area contributed by atoms with E-state index >= 15 is 0 Å². The molecule has 1 saturated heterocycles. The zero-order valence-electron chi connectivity index (χ0n) is 14.7. The van der Waals surface area contributed by atoms with E-state index < -0.39 is 0 Å². The minimum Gasteiger partial charge on any atom is -0.326 e. The number of amides is 2. The van der Waals surface area contributed by atoms with Crippen LogP contribution < -0.4 is 16.0 Å². The van der Waals surface area contributed by atoms with Crippen LogP contribution in [-0.2, 0) is 4.79 Å². The van der Waals surface area contributed by atoms with Crippen LogP contribution in [0.5, 0.6) is 0 Å². The molecule has 6 nitrogen and oxygen atoms in total. The maximum Gasteiger partial charge on any atom is 0.255 e. The molecule has 2 aromatic rings. The third-order valence-corrected chi connectivity index (χ3v) is 4.59. The largest absolute Gasteiger partial charge is 0.326 e. The smallest absolute Gasteiger partial charge is 0.255 e. The van der Waals surface area contributed by atoms with Gasteiger partial charge in [-0.25, -0.2) is 0 Å². The normalized spacial score (nSPS) is 14.6. The van der Waals surface area contributed by atoms with Gasteiger partial charge in [0.05, 0.1) is 0 Å². The fourth-order valence-corrected chi connectivity index (χ4v) is 3.11. The lowest BCUT2D eigenvalue weighted by molar-refractivity contribution is -0.116. The summed E-state index contributed by atoms with van der Waals surface area (Å²) < 4.78 is 0. The number of nitrogens with one attached hydrogen (secondary N) is 3. The Morgan fingerprint density at radius 3 is 2.58 bits per heavy atom. The molecule has 0 spiro atoms. The predicted octanol–water partition coefficient (Wildman–Crippen LogP) is 3.05. The third kappa shape index (κ3) is 5.39. The number of pyridine rings is 1. The summed E-state index contributed by atoms with van der Waals surface area (Å²) in [5.41, 5.74) is 1.82. The van der Waals surface area contributed by atoms with Crippen LogP contribution in [0, 0.1) is 5.92 Å². The molecule has 3 rings (SSSR count). The van der Waals surface area contributed by atoms with Gasteiger partial charge in [0.2, 0.25) is 5.91 Å². The lowest BCUT2D eigenvalue weighted by atomic mass is 9.93. The predicted molar refractivity (Wildman–Crippen MR) is 102 cm³/mol. The van der Waals surface area contributed by atoms with Gasteiger partial charge in [0.25, 0.3) is 5.91 Å². The second-order valence-electron chi connectivity index (χ2n) is 6.55. The van der Waals surface area contributed by atoms with E-state index in [1.54, 1.807) is 48.8 Å². The highest BCUT2D eigenvalue weighted by Gasteiger charge is 2.15. The van der Waals surface area contributed by atoms with Crippen molar-refractivity contribution in [3.63, 3.8) is 0 Å². The van der Waals surface area contributed by atoms with Crippen molar-refractivity contribution in [2.24, 2.45) is 5.92 Å². The van der Waals surface area contributed by atoms with E-state index in [0.29, 0.717) is 29.3 Å². The average molecular weight is 352 g/mol. The molecule has 2 amide bonds. The van der Waals surface area contributed by atoms with E-state index in [1.807, 2.05) is 0 Å². The fraction of sp³-hybridized carbons (Fsp3) is 0.350. The first kappa shape index (κ1) is 18.1. The third-order valence-electron chi connectivity index (χ3n) is 4.59. The van der Waals surface area contributed by atoms with Crippen LogP contribution in [-0.4, -0.2) is 29.9 Å². The molecule has 0 saturated carbocycles. The molecule has 1 aromatic heterocycles. The Labute approximate surface area is 153 Å². The Kier molecular flexibility index (Phi) is 6.33. The first-order chi connectivity index (χ1) is 12.7. The van der Waals surface area contributed by atoms with E-state index in [4.69, 9.17) is 0 Å². The highest BCUT2D eigenvalue weighted by molar-refractivity contribution is 6.05. The molecule has 2 heterocycles. The van der Waals surface area contributed by atoms with Crippen LogP contribution in [0.25, 0.3) is 0 Å². The molecule has 0 bridgehead atoms. The fourth-order valence-electron chi connectivity index (χ4n) is 3.11. The van der Waals surface area contributed by atoms with Crippen molar-refractivity contribution in [3.8, 4) is 0 Å². The highest BCUT2D eigenvalue weighted by Crippen LogP contribution is 2.19. The number of carbonyl (C=O) groups is 2. The molecule has 1 aliphatic heterocycles. The van der Waals surface area contributed by atoms with Gasteiger partial charge in [-0.05, 0) is 68.6 Å². The van der Waals surface area contributed by atoms with Crippen molar-refractivity contribution >= 4 is 23.2 Å². The molecule has 3 N–H and O–H groups in total. The van der Waals surface area contributed by atoms with Crippen LogP contribution in [0.4, 0.5) is 11.4 Å². The Bertz CT molecular complexity index is 742. The standard InChI is InChI=1S/C20H24N4O2/c25-19(5-4-15-6-10-21-11-7-15)23-18-3-1-2-16(14-18)20(26)24-17-8-12-22-13-9-17/h1-3,8-9,12-15,21H,4-7,10-11H2,(H,23,25)(H,22,24,26). The van der Waals surface area contributed by atoms with Gasteiger partial charge in [-0.1, -0.05) is 6.07 Å². The van der Waals surface area contributed by atoms with E-state index in [9.17, 15) is 9.59 Å². The number of nitrogens with zero attached hydrogens (tertiary/aromatic N) is 1. The summed E-state index contributed by atoms with van der Waals surface area (Å²) in [6, 6.07) is 10.4. The zero-order chi connectivity index (χ0) is 18.2. The van der Waals surface area contributed by atoms with E-state index in [-0.39, 0.29) is 11.8 Å². The molecular weight excluding hydrogens is 328 g/mol. The molecule has 0 atom stereocenters. The van der Waals surface area contributed by atoms with E-state index in [0.717, 1.165) is 32.4 Å². The Morgan fingerprint density at radius 2 is 1.81 bits per heavy atom. The van der Waals surface area contributed by atoms with Gasteiger partial charge in [0.1, 0.15) is 0 Å². The van der Waals surface area contributed by atoms with Gasteiger partial charge < -0.3 is 16.0 Å². The molecule has 1 aliphatic rings. The quantitative estimate of drug-likeness (QED) is 0.746. The molecule has 136 valence electrons. The minimum absolute atomic E-state index is 0.00442. The summed E-state index contributed by atoms with van der Waals surface area (Å²) >= 11 is 0. The first-order valence-electron chi connectivity index (χ1n) is 9.03. The lowest BCUT2D eigenvalue weighted by Crippen LogP contribution is -2.28. The maximum atomic E-state index is 12.3. The summed E-state index contributed by atoms with van der Waals surface area (Å²) in [6.07, 6.45) is 6.94. The number of rotatable bonds is 6. The van der Waals surface area contributed by atoms with Crippen LogP contribution in [0.2, 0.25) is 0 Å². The Balaban J connectivity index is 1.53. The first-order valence-corrected chi connectivity index (χ1v) is 9.03. The molecule has 0 aliphatic carbocycles. The average Bonchev–Trinajstić information content (AvgIpc) is 2.68. The summed E-state index contributed by atoms with van der Waals surface area (Å²) in [5.74, 6) is 0.400. The van der Waals surface area contributed by atoms with Gasteiger partial charge >= 0.3 is 0 Å². The summed E-state index contributed by atoms with van der Waals surface area (Å²) in [7, 11) is 0. The molecular formula is C20H24N4O2. The topological polar surface area (TPSA) is 83.1 Å². The van der Waals surface area contributed by atoms with Crippen molar-refractivity contribution in [1.29, 1.82) is 0 Å².